The van der Waals surface area contributed by atoms with E-state index in [1.54, 1.807) is 25.1 Å². The van der Waals surface area contributed by atoms with Gasteiger partial charge < -0.3 is 0 Å². The lowest BCUT2D eigenvalue weighted by atomic mass is 10.0. The third kappa shape index (κ3) is 2.25. The van der Waals surface area contributed by atoms with E-state index >= 15 is 0 Å². The molecule has 0 radical (unpaired) electrons. The number of fused-ring (bicyclic) bond motifs is 3. The lowest BCUT2D eigenvalue weighted by molar-refractivity contribution is -0.384. The average molecular weight is 346 g/mol. The molecule has 2 heterocycles. The van der Waals surface area contributed by atoms with Gasteiger partial charge in [0.05, 0.1) is 33.0 Å². The van der Waals surface area contributed by atoms with E-state index < -0.39 is 4.92 Å². The SMILES string of the molecule is CC(=O)c1c(C)nc2c3ccccc3nn2c1-c1ccccc1[N+](=O)[O-]. The Labute approximate surface area is 148 Å². The number of nitrogens with zero attached hydrogens (tertiary/aromatic N) is 4. The summed E-state index contributed by atoms with van der Waals surface area (Å²) in [5.74, 6) is -0.218. The van der Waals surface area contributed by atoms with Gasteiger partial charge in [0.1, 0.15) is 0 Å². The minimum absolute atomic E-state index is 0.0820. The summed E-state index contributed by atoms with van der Waals surface area (Å²) in [7, 11) is 0. The summed E-state index contributed by atoms with van der Waals surface area (Å²) in [4.78, 5) is 28.0. The van der Waals surface area contributed by atoms with Crippen molar-refractivity contribution in [2.45, 2.75) is 13.8 Å². The minimum Gasteiger partial charge on any atom is -0.294 e. The maximum absolute atomic E-state index is 12.3. The predicted octanol–water partition coefficient (Wildman–Crippen LogP) is 3.97. The number of para-hydroxylation sites is 1. The van der Waals surface area contributed by atoms with Crippen molar-refractivity contribution < 1.29 is 9.72 Å². The number of benzene rings is 2. The van der Waals surface area contributed by atoms with Crippen LogP contribution >= 0.6 is 0 Å². The number of rotatable bonds is 3. The summed E-state index contributed by atoms with van der Waals surface area (Å²) < 4.78 is 1.54. The number of aryl methyl sites for hydroxylation is 1. The molecule has 4 aromatic rings. The van der Waals surface area contributed by atoms with Crippen molar-refractivity contribution in [3.05, 3.63) is 69.9 Å². The smallest absolute Gasteiger partial charge is 0.278 e. The number of aromatic nitrogens is 3. The molecule has 0 saturated heterocycles. The van der Waals surface area contributed by atoms with Crippen molar-refractivity contribution in [1.82, 2.24) is 14.6 Å². The Bertz CT molecular complexity index is 1210. The highest BCUT2D eigenvalue weighted by atomic mass is 16.6. The van der Waals surface area contributed by atoms with Crippen LogP contribution in [0.1, 0.15) is 23.0 Å². The fourth-order valence-corrected chi connectivity index (χ4v) is 3.28. The molecule has 0 fully saturated rings. The molecule has 0 spiro atoms. The van der Waals surface area contributed by atoms with E-state index in [2.05, 4.69) is 10.1 Å². The van der Waals surface area contributed by atoms with E-state index in [-0.39, 0.29) is 11.5 Å². The van der Waals surface area contributed by atoms with Gasteiger partial charge in [-0.1, -0.05) is 24.3 Å². The first-order valence-electron chi connectivity index (χ1n) is 8.02. The first-order valence-corrected chi connectivity index (χ1v) is 8.02. The number of ketones is 1. The fraction of sp³-hybridized carbons (Fsp3) is 0.105. The Kier molecular flexibility index (Phi) is 3.50. The van der Waals surface area contributed by atoms with Crippen LogP contribution in [0, 0.1) is 17.0 Å². The van der Waals surface area contributed by atoms with Crippen LogP contribution in [0.15, 0.2) is 48.5 Å². The van der Waals surface area contributed by atoms with Crippen LogP contribution in [-0.4, -0.2) is 25.3 Å². The number of nitro groups is 1. The highest BCUT2D eigenvalue weighted by Gasteiger charge is 2.25. The molecule has 0 aliphatic carbocycles. The van der Waals surface area contributed by atoms with E-state index in [1.807, 2.05) is 24.3 Å². The maximum Gasteiger partial charge on any atom is 0.278 e. The molecule has 7 nitrogen and oxygen atoms in total. The number of hydrogen-bond donors (Lipinski definition) is 0. The molecule has 0 unspecified atom stereocenters. The monoisotopic (exact) mass is 346 g/mol. The Balaban J connectivity index is 2.25. The second-order valence-electron chi connectivity index (χ2n) is 6.00. The van der Waals surface area contributed by atoms with Crippen molar-refractivity contribution in [2.75, 3.05) is 0 Å². The van der Waals surface area contributed by atoms with Gasteiger partial charge in [-0.05, 0) is 32.0 Å². The van der Waals surface area contributed by atoms with Crippen LogP contribution in [0.3, 0.4) is 0 Å². The molecule has 4 rings (SSSR count). The van der Waals surface area contributed by atoms with Crippen LogP contribution in [0.25, 0.3) is 27.8 Å². The summed E-state index contributed by atoms with van der Waals surface area (Å²) in [6.45, 7) is 3.16. The predicted molar refractivity (Wildman–Crippen MR) is 97.3 cm³/mol. The molecule has 2 aromatic heterocycles. The van der Waals surface area contributed by atoms with E-state index in [4.69, 9.17) is 0 Å². The molecule has 0 atom stereocenters. The fourth-order valence-electron chi connectivity index (χ4n) is 3.28. The molecule has 26 heavy (non-hydrogen) atoms. The van der Waals surface area contributed by atoms with Gasteiger partial charge in [0.25, 0.3) is 5.69 Å². The van der Waals surface area contributed by atoms with E-state index in [0.717, 1.165) is 5.39 Å². The number of carbonyl (C=O) groups excluding carboxylic acids is 1. The Morgan fingerprint density at radius 3 is 2.54 bits per heavy atom. The van der Waals surface area contributed by atoms with Gasteiger partial charge in [-0.15, -0.1) is 0 Å². The van der Waals surface area contributed by atoms with Crippen LogP contribution in [0.4, 0.5) is 5.69 Å². The van der Waals surface area contributed by atoms with Crippen molar-refractivity contribution in [3.8, 4) is 11.3 Å². The standard InChI is InChI=1S/C19H14N4O3/c1-11-17(12(2)24)18(14-8-4-6-10-16(14)23(25)26)22-19(20-11)13-7-3-5-9-15(13)21-22/h3-10H,1-2H3. The van der Waals surface area contributed by atoms with Crippen LogP contribution in [0.2, 0.25) is 0 Å². The average Bonchev–Trinajstić information content (AvgIpc) is 2.98. The molecular formula is C19H14N4O3. The summed E-state index contributed by atoms with van der Waals surface area (Å²) in [6, 6.07) is 13.8. The lowest BCUT2D eigenvalue weighted by Gasteiger charge is -2.12. The number of hydrogen-bond acceptors (Lipinski definition) is 5. The molecule has 0 saturated carbocycles. The molecule has 0 aliphatic heterocycles. The highest BCUT2D eigenvalue weighted by Crippen LogP contribution is 2.35. The molecular weight excluding hydrogens is 332 g/mol. The van der Waals surface area contributed by atoms with E-state index in [9.17, 15) is 14.9 Å². The van der Waals surface area contributed by atoms with Crippen LogP contribution in [-0.2, 0) is 0 Å². The van der Waals surface area contributed by atoms with E-state index in [1.165, 1.54) is 17.5 Å². The van der Waals surface area contributed by atoms with E-state index in [0.29, 0.717) is 33.7 Å². The molecule has 7 heteroatoms. The summed E-state index contributed by atoms with van der Waals surface area (Å²) in [5, 5.41) is 16.9. The van der Waals surface area contributed by atoms with Crippen LogP contribution < -0.4 is 0 Å². The quantitative estimate of drug-likeness (QED) is 0.318. The third-order valence-corrected chi connectivity index (χ3v) is 4.35. The summed E-state index contributed by atoms with van der Waals surface area (Å²) in [6.07, 6.45) is 0. The van der Waals surface area contributed by atoms with Crippen LogP contribution in [0.5, 0.6) is 0 Å². The van der Waals surface area contributed by atoms with Crippen molar-refractivity contribution in [3.63, 3.8) is 0 Å². The second kappa shape index (κ2) is 5.73. The first kappa shape index (κ1) is 15.9. The Morgan fingerprint density at radius 2 is 1.81 bits per heavy atom. The van der Waals surface area contributed by atoms with Gasteiger partial charge in [0, 0.05) is 11.5 Å². The Hall–Kier alpha value is -3.61. The molecule has 0 aliphatic rings. The van der Waals surface area contributed by atoms with Gasteiger partial charge in [-0.25, -0.2) is 9.50 Å². The Morgan fingerprint density at radius 1 is 1.12 bits per heavy atom. The van der Waals surface area contributed by atoms with Gasteiger partial charge in [-0.2, -0.15) is 5.10 Å². The first-order chi connectivity index (χ1) is 12.5. The number of carbonyl (C=O) groups is 1. The molecule has 0 N–H and O–H groups in total. The van der Waals surface area contributed by atoms with Gasteiger partial charge in [-0.3, -0.25) is 14.9 Å². The second-order valence-corrected chi connectivity index (χ2v) is 6.00. The van der Waals surface area contributed by atoms with Gasteiger partial charge >= 0.3 is 0 Å². The molecule has 2 aromatic carbocycles. The number of nitro benzene ring substituents is 1. The zero-order valence-corrected chi connectivity index (χ0v) is 14.1. The third-order valence-electron chi connectivity index (χ3n) is 4.35. The maximum atomic E-state index is 12.3. The summed E-state index contributed by atoms with van der Waals surface area (Å²) in [5.41, 5.74) is 2.77. The lowest BCUT2D eigenvalue weighted by Crippen LogP contribution is -2.10. The summed E-state index contributed by atoms with van der Waals surface area (Å²) >= 11 is 0. The number of Topliss-reactive ketones (excluding diaryl/α,β-unsaturated/α-hetero) is 1. The van der Waals surface area contributed by atoms with Gasteiger partial charge in [0.15, 0.2) is 11.4 Å². The highest BCUT2D eigenvalue weighted by molar-refractivity contribution is 6.04. The van der Waals surface area contributed by atoms with Gasteiger partial charge in [0.2, 0.25) is 0 Å². The van der Waals surface area contributed by atoms with Crippen molar-refractivity contribution in [2.24, 2.45) is 0 Å². The normalized spacial score (nSPS) is 11.2. The zero-order valence-electron chi connectivity index (χ0n) is 14.1. The van der Waals surface area contributed by atoms with Crippen molar-refractivity contribution >= 4 is 28.0 Å². The molecule has 128 valence electrons. The zero-order chi connectivity index (χ0) is 18.4. The van der Waals surface area contributed by atoms with Crippen molar-refractivity contribution in [1.29, 1.82) is 0 Å². The molecule has 0 amide bonds. The molecule has 0 bridgehead atoms. The minimum atomic E-state index is -0.454. The topological polar surface area (TPSA) is 90.4 Å². The largest absolute Gasteiger partial charge is 0.294 e.